The van der Waals surface area contributed by atoms with Crippen LogP contribution in [0.4, 0.5) is 0 Å². The van der Waals surface area contributed by atoms with Crippen molar-refractivity contribution in [3.63, 3.8) is 0 Å². The Kier molecular flexibility index (Phi) is 6.91. The van der Waals surface area contributed by atoms with Crippen LogP contribution < -0.4 is 0 Å². The second-order valence-electron chi connectivity index (χ2n) is 5.66. The molecule has 0 radical (unpaired) electrons. The zero-order valence-electron chi connectivity index (χ0n) is 12.8. The van der Waals surface area contributed by atoms with Gasteiger partial charge in [-0.3, -0.25) is 4.79 Å². The van der Waals surface area contributed by atoms with Crippen LogP contribution in [0.5, 0.6) is 0 Å². The Morgan fingerprint density at radius 3 is 2.15 bits per heavy atom. The maximum atomic E-state index is 12.1. The maximum Gasteiger partial charge on any atom is 0.223 e. The fraction of sp³-hybridized carbons (Fsp3) is 0.923. The summed E-state index contributed by atoms with van der Waals surface area (Å²) < 4.78 is 24.8. The SMILES string of the molecule is CN(C)CCN(CCC(=O)N1CCCCC1)S(C)(=O)=O. The predicted octanol–water partition coefficient (Wildman–Crippen LogP) is 0.212. The van der Waals surface area contributed by atoms with Crippen molar-refractivity contribution in [2.24, 2.45) is 0 Å². The van der Waals surface area contributed by atoms with Crippen molar-refractivity contribution in [1.82, 2.24) is 14.1 Å². The van der Waals surface area contributed by atoms with E-state index in [-0.39, 0.29) is 18.9 Å². The molecule has 0 spiro atoms. The van der Waals surface area contributed by atoms with Crippen LogP contribution in [0.15, 0.2) is 0 Å². The van der Waals surface area contributed by atoms with Crippen molar-refractivity contribution >= 4 is 15.9 Å². The number of nitrogens with zero attached hydrogens (tertiary/aromatic N) is 3. The Balaban J connectivity index is 2.46. The van der Waals surface area contributed by atoms with Gasteiger partial charge in [0.25, 0.3) is 0 Å². The van der Waals surface area contributed by atoms with Gasteiger partial charge in [-0.1, -0.05) is 0 Å². The number of rotatable bonds is 7. The largest absolute Gasteiger partial charge is 0.343 e. The third kappa shape index (κ3) is 6.19. The number of carbonyl (C=O) groups is 1. The molecular formula is C13H27N3O3S. The standard InChI is InChI=1S/C13H27N3O3S/c1-14(2)11-12-16(20(3,18)19)10-7-13(17)15-8-5-4-6-9-15/h4-12H2,1-3H3. The summed E-state index contributed by atoms with van der Waals surface area (Å²) in [6, 6.07) is 0. The Morgan fingerprint density at radius 2 is 1.65 bits per heavy atom. The highest BCUT2D eigenvalue weighted by molar-refractivity contribution is 7.88. The molecule has 0 aromatic rings. The third-order valence-corrected chi connectivity index (χ3v) is 4.85. The second-order valence-corrected chi connectivity index (χ2v) is 7.64. The molecule has 0 aromatic carbocycles. The quantitative estimate of drug-likeness (QED) is 0.675. The highest BCUT2D eigenvalue weighted by Gasteiger charge is 2.21. The van der Waals surface area contributed by atoms with Gasteiger partial charge in [-0.05, 0) is 33.4 Å². The smallest absolute Gasteiger partial charge is 0.223 e. The molecule has 0 saturated carbocycles. The van der Waals surface area contributed by atoms with Crippen molar-refractivity contribution in [2.75, 3.05) is 53.1 Å². The summed E-state index contributed by atoms with van der Waals surface area (Å²) in [4.78, 5) is 15.9. The van der Waals surface area contributed by atoms with Gasteiger partial charge in [-0.25, -0.2) is 12.7 Å². The summed E-state index contributed by atoms with van der Waals surface area (Å²) in [5.74, 6) is 0.0724. The topological polar surface area (TPSA) is 60.9 Å². The van der Waals surface area contributed by atoms with Crippen LogP contribution in [0, 0.1) is 0 Å². The van der Waals surface area contributed by atoms with Gasteiger partial charge in [0.05, 0.1) is 6.26 Å². The molecule has 0 aliphatic carbocycles. The van der Waals surface area contributed by atoms with Crippen LogP contribution >= 0.6 is 0 Å². The minimum absolute atomic E-state index is 0.0724. The molecule has 0 bridgehead atoms. The molecule has 118 valence electrons. The van der Waals surface area contributed by atoms with E-state index in [0.717, 1.165) is 25.9 Å². The van der Waals surface area contributed by atoms with Gasteiger partial charge in [0.1, 0.15) is 0 Å². The molecule has 1 heterocycles. The number of amides is 1. The molecule has 1 amide bonds. The van der Waals surface area contributed by atoms with E-state index in [9.17, 15) is 13.2 Å². The van der Waals surface area contributed by atoms with Crippen LogP contribution in [0.25, 0.3) is 0 Å². The van der Waals surface area contributed by atoms with Gasteiger partial charge in [-0.2, -0.15) is 0 Å². The number of hydrogen-bond acceptors (Lipinski definition) is 4. The number of piperidine rings is 1. The van der Waals surface area contributed by atoms with Crippen LogP contribution in [-0.4, -0.2) is 81.5 Å². The Labute approximate surface area is 122 Å². The summed E-state index contributed by atoms with van der Waals surface area (Å²) in [6.45, 7) is 3.00. The minimum atomic E-state index is -3.25. The first-order chi connectivity index (χ1) is 9.30. The number of hydrogen-bond donors (Lipinski definition) is 0. The van der Waals surface area contributed by atoms with Gasteiger partial charge in [0, 0.05) is 39.1 Å². The molecule has 7 heteroatoms. The summed E-state index contributed by atoms with van der Waals surface area (Å²) in [7, 11) is 0.553. The Morgan fingerprint density at radius 1 is 1.05 bits per heavy atom. The molecule has 20 heavy (non-hydrogen) atoms. The zero-order chi connectivity index (χ0) is 15.2. The molecule has 0 unspecified atom stereocenters. The average molecular weight is 305 g/mol. The summed E-state index contributed by atoms with van der Waals surface area (Å²) in [5, 5.41) is 0. The molecule has 0 aromatic heterocycles. The maximum absolute atomic E-state index is 12.1. The zero-order valence-corrected chi connectivity index (χ0v) is 13.7. The van der Waals surface area contributed by atoms with E-state index in [0.29, 0.717) is 13.1 Å². The van der Waals surface area contributed by atoms with E-state index in [1.165, 1.54) is 17.0 Å². The summed E-state index contributed by atoms with van der Waals surface area (Å²) >= 11 is 0. The second kappa shape index (κ2) is 7.95. The van der Waals surface area contributed by atoms with Gasteiger partial charge in [-0.15, -0.1) is 0 Å². The van der Waals surface area contributed by atoms with Crippen molar-refractivity contribution in [3.05, 3.63) is 0 Å². The van der Waals surface area contributed by atoms with Crippen molar-refractivity contribution < 1.29 is 13.2 Å². The summed E-state index contributed by atoms with van der Waals surface area (Å²) in [6.07, 6.45) is 4.78. The van der Waals surface area contributed by atoms with Crippen LogP contribution in [0.1, 0.15) is 25.7 Å². The molecule has 6 nitrogen and oxygen atoms in total. The number of carbonyl (C=O) groups excluding carboxylic acids is 1. The van der Waals surface area contributed by atoms with E-state index in [1.54, 1.807) is 0 Å². The highest BCUT2D eigenvalue weighted by atomic mass is 32.2. The first-order valence-corrected chi connectivity index (χ1v) is 9.03. The first-order valence-electron chi connectivity index (χ1n) is 7.18. The number of likely N-dealkylation sites (N-methyl/N-ethyl adjacent to an activating group) is 1. The minimum Gasteiger partial charge on any atom is -0.343 e. The Bertz CT molecular complexity index is 403. The van der Waals surface area contributed by atoms with E-state index < -0.39 is 10.0 Å². The van der Waals surface area contributed by atoms with Crippen molar-refractivity contribution in [3.8, 4) is 0 Å². The molecule has 0 atom stereocenters. The number of likely N-dealkylation sites (tertiary alicyclic amines) is 1. The molecule has 1 aliphatic rings. The predicted molar refractivity (Wildman–Crippen MR) is 80.0 cm³/mol. The fourth-order valence-corrected chi connectivity index (χ4v) is 3.11. The van der Waals surface area contributed by atoms with E-state index in [1.807, 2.05) is 23.9 Å². The third-order valence-electron chi connectivity index (χ3n) is 3.55. The lowest BCUT2D eigenvalue weighted by molar-refractivity contribution is -0.132. The van der Waals surface area contributed by atoms with E-state index >= 15 is 0 Å². The van der Waals surface area contributed by atoms with Gasteiger partial charge >= 0.3 is 0 Å². The normalized spacial score (nSPS) is 16.9. The molecule has 1 saturated heterocycles. The van der Waals surface area contributed by atoms with Crippen molar-refractivity contribution in [1.29, 1.82) is 0 Å². The van der Waals surface area contributed by atoms with Gasteiger partial charge in [0.15, 0.2) is 0 Å². The van der Waals surface area contributed by atoms with Crippen molar-refractivity contribution in [2.45, 2.75) is 25.7 Å². The Hall–Kier alpha value is -0.660. The first kappa shape index (κ1) is 17.4. The van der Waals surface area contributed by atoms with Crippen LogP contribution in [0.2, 0.25) is 0 Å². The molecule has 1 aliphatic heterocycles. The highest BCUT2D eigenvalue weighted by Crippen LogP contribution is 2.10. The van der Waals surface area contributed by atoms with Crippen LogP contribution in [-0.2, 0) is 14.8 Å². The van der Waals surface area contributed by atoms with E-state index in [4.69, 9.17) is 0 Å². The molecule has 1 fully saturated rings. The molecule has 1 rings (SSSR count). The molecular weight excluding hydrogens is 278 g/mol. The average Bonchev–Trinajstić information content (AvgIpc) is 2.37. The van der Waals surface area contributed by atoms with Crippen LogP contribution in [0.3, 0.4) is 0 Å². The lowest BCUT2D eigenvalue weighted by Gasteiger charge is -2.28. The van der Waals surface area contributed by atoms with Gasteiger partial charge in [0.2, 0.25) is 15.9 Å². The monoisotopic (exact) mass is 305 g/mol. The lowest BCUT2D eigenvalue weighted by Crippen LogP contribution is -2.41. The molecule has 0 N–H and O–H groups in total. The summed E-state index contributed by atoms with van der Waals surface area (Å²) in [5.41, 5.74) is 0. The van der Waals surface area contributed by atoms with Gasteiger partial charge < -0.3 is 9.80 Å². The fourth-order valence-electron chi connectivity index (χ4n) is 2.28. The lowest BCUT2D eigenvalue weighted by atomic mass is 10.1. The van der Waals surface area contributed by atoms with E-state index in [2.05, 4.69) is 0 Å². The number of sulfonamides is 1.